The minimum Gasteiger partial charge on any atom is -0.455 e. The van der Waals surface area contributed by atoms with Crippen LogP contribution in [-0.4, -0.2) is 9.97 Å². The zero-order valence-electron chi connectivity index (χ0n) is 31.5. The van der Waals surface area contributed by atoms with Gasteiger partial charge in [-0.3, -0.25) is 0 Å². The number of aromatic nitrogens is 2. The fraction of sp³-hybridized carbons (Fsp3) is 0. The van der Waals surface area contributed by atoms with E-state index < -0.39 is 0 Å². The van der Waals surface area contributed by atoms with Crippen LogP contribution in [0.5, 0.6) is 0 Å². The molecule has 0 unspecified atom stereocenters. The van der Waals surface area contributed by atoms with Crippen molar-refractivity contribution in [2.75, 3.05) is 4.90 Å². The van der Waals surface area contributed by atoms with Crippen LogP contribution in [0.1, 0.15) is 0 Å². The van der Waals surface area contributed by atoms with Crippen molar-refractivity contribution < 1.29 is 4.42 Å². The van der Waals surface area contributed by atoms with Gasteiger partial charge in [-0.2, -0.15) is 0 Å². The third-order valence-electron chi connectivity index (χ3n) is 11.1. The lowest BCUT2D eigenvalue weighted by Gasteiger charge is -2.26. The zero-order valence-corrected chi connectivity index (χ0v) is 31.5. The second kappa shape index (κ2) is 14.0. The van der Waals surface area contributed by atoms with E-state index in [0.29, 0.717) is 5.82 Å². The zero-order chi connectivity index (χ0) is 38.4. The van der Waals surface area contributed by atoms with E-state index in [9.17, 15) is 0 Å². The first-order valence-electron chi connectivity index (χ1n) is 19.6. The topological polar surface area (TPSA) is 42.2 Å². The van der Waals surface area contributed by atoms with Gasteiger partial charge in [0.2, 0.25) is 0 Å². The molecule has 0 aliphatic heterocycles. The molecule has 0 amide bonds. The van der Waals surface area contributed by atoms with Gasteiger partial charge in [0, 0.05) is 49.7 Å². The number of nitrogens with zero attached hydrogens (tertiary/aromatic N) is 3. The third-order valence-corrected chi connectivity index (χ3v) is 11.1. The van der Waals surface area contributed by atoms with Crippen molar-refractivity contribution in [3.8, 4) is 44.9 Å². The van der Waals surface area contributed by atoms with Crippen LogP contribution in [0, 0.1) is 0 Å². The lowest BCUT2D eigenvalue weighted by Crippen LogP contribution is -2.09. The molecule has 0 N–H and O–H groups in total. The lowest BCUT2D eigenvalue weighted by atomic mass is 10.0. The number of furan rings is 1. The highest BCUT2D eigenvalue weighted by atomic mass is 16.3. The Morgan fingerprint density at radius 2 is 0.845 bits per heavy atom. The van der Waals surface area contributed by atoms with Crippen molar-refractivity contribution in [3.05, 3.63) is 212 Å². The molecule has 0 bridgehead atoms. The fourth-order valence-corrected chi connectivity index (χ4v) is 8.15. The molecule has 0 spiro atoms. The molecule has 58 heavy (non-hydrogen) atoms. The van der Waals surface area contributed by atoms with E-state index in [0.717, 1.165) is 77.5 Å². The van der Waals surface area contributed by atoms with Crippen LogP contribution in [0.4, 0.5) is 17.1 Å². The van der Waals surface area contributed by atoms with Crippen molar-refractivity contribution in [1.82, 2.24) is 9.97 Å². The molecule has 9 aromatic carbocycles. The molecule has 272 valence electrons. The van der Waals surface area contributed by atoms with Crippen molar-refractivity contribution in [1.29, 1.82) is 0 Å². The van der Waals surface area contributed by atoms with Gasteiger partial charge in [0.05, 0.1) is 11.2 Å². The van der Waals surface area contributed by atoms with Crippen LogP contribution in [-0.2, 0) is 0 Å². The van der Waals surface area contributed by atoms with E-state index in [4.69, 9.17) is 14.4 Å². The first-order valence-corrected chi connectivity index (χ1v) is 19.6. The molecule has 0 fully saturated rings. The molecule has 0 atom stereocenters. The molecule has 11 rings (SSSR count). The maximum atomic E-state index is 6.57. The molecule has 2 heterocycles. The number of hydrogen-bond donors (Lipinski definition) is 0. The van der Waals surface area contributed by atoms with Crippen molar-refractivity contribution >= 4 is 60.7 Å². The predicted octanol–water partition coefficient (Wildman–Crippen LogP) is 14.8. The average Bonchev–Trinajstić information content (AvgIpc) is 3.69. The van der Waals surface area contributed by atoms with Crippen LogP contribution >= 0.6 is 0 Å². The van der Waals surface area contributed by atoms with Gasteiger partial charge in [0.15, 0.2) is 5.82 Å². The molecule has 4 nitrogen and oxygen atoms in total. The number of anilines is 3. The Morgan fingerprint density at radius 3 is 1.48 bits per heavy atom. The highest BCUT2D eigenvalue weighted by molar-refractivity contribution is 6.15. The minimum absolute atomic E-state index is 0.668. The summed E-state index contributed by atoms with van der Waals surface area (Å²) in [5.74, 6) is 0.668. The van der Waals surface area contributed by atoms with Crippen LogP contribution in [0.25, 0.3) is 88.5 Å². The van der Waals surface area contributed by atoms with Crippen molar-refractivity contribution in [3.63, 3.8) is 0 Å². The second-order valence-corrected chi connectivity index (χ2v) is 14.6. The Balaban J connectivity index is 0.984. The van der Waals surface area contributed by atoms with E-state index in [1.807, 2.05) is 12.1 Å². The highest BCUT2D eigenvalue weighted by Crippen LogP contribution is 2.40. The van der Waals surface area contributed by atoms with Gasteiger partial charge in [0.1, 0.15) is 11.2 Å². The van der Waals surface area contributed by atoms with E-state index >= 15 is 0 Å². The quantitative estimate of drug-likeness (QED) is 0.163. The summed E-state index contributed by atoms with van der Waals surface area (Å²) in [6, 6.07) is 74.5. The van der Waals surface area contributed by atoms with Gasteiger partial charge in [-0.15, -0.1) is 0 Å². The molecule has 0 aliphatic rings. The molecule has 0 saturated carbocycles. The molecule has 11 aromatic rings. The normalized spacial score (nSPS) is 11.4. The maximum absolute atomic E-state index is 6.57. The molecule has 0 radical (unpaired) electrons. The second-order valence-electron chi connectivity index (χ2n) is 14.6. The summed E-state index contributed by atoms with van der Waals surface area (Å²) in [4.78, 5) is 12.6. The van der Waals surface area contributed by atoms with E-state index in [-0.39, 0.29) is 0 Å². The first kappa shape index (κ1) is 33.5. The largest absolute Gasteiger partial charge is 0.455 e. The molecule has 0 aliphatic carbocycles. The Morgan fingerprint density at radius 1 is 0.345 bits per heavy atom. The van der Waals surface area contributed by atoms with Crippen LogP contribution in [0.15, 0.2) is 217 Å². The van der Waals surface area contributed by atoms with E-state index in [1.54, 1.807) is 0 Å². The number of para-hydroxylation sites is 1. The molecule has 0 saturated heterocycles. The molecular weight excluding hydrogens is 707 g/mol. The summed E-state index contributed by atoms with van der Waals surface area (Å²) >= 11 is 0. The maximum Gasteiger partial charge on any atom is 0.160 e. The minimum atomic E-state index is 0.668. The fourth-order valence-electron chi connectivity index (χ4n) is 8.15. The van der Waals surface area contributed by atoms with Crippen LogP contribution in [0.3, 0.4) is 0 Å². The Kier molecular flexibility index (Phi) is 8.11. The average molecular weight is 742 g/mol. The van der Waals surface area contributed by atoms with Crippen LogP contribution in [0.2, 0.25) is 0 Å². The summed E-state index contributed by atoms with van der Waals surface area (Å²) in [7, 11) is 0. The van der Waals surface area contributed by atoms with Gasteiger partial charge in [-0.05, 0) is 100 Å². The van der Waals surface area contributed by atoms with Gasteiger partial charge in [-0.1, -0.05) is 140 Å². The number of rotatable bonds is 7. The monoisotopic (exact) mass is 741 g/mol. The smallest absolute Gasteiger partial charge is 0.160 e. The summed E-state index contributed by atoms with van der Waals surface area (Å²) in [6.07, 6.45) is 0. The van der Waals surface area contributed by atoms with Crippen molar-refractivity contribution in [2.24, 2.45) is 0 Å². The van der Waals surface area contributed by atoms with Gasteiger partial charge in [-0.25, -0.2) is 9.97 Å². The predicted molar refractivity (Wildman–Crippen MR) is 241 cm³/mol. The summed E-state index contributed by atoms with van der Waals surface area (Å²) in [5.41, 5.74) is 13.3. The first-order chi connectivity index (χ1) is 28.7. The Hall–Kier alpha value is -7.82. The highest BCUT2D eigenvalue weighted by Gasteiger charge is 2.17. The van der Waals surface area contributed by atoms with Crippen LogP contribution < -0.4 is 4.90 Å². The SMILES string of the molecule is c1ccc(-c2ccc(N(c3ccc(-c4ccccc4)cc3)c3ccc(-c4nc(-c5ccc6c(c5)oc5c7ccccc7ccc65)c5ccccc5n4)cc3)cc2)cc1. The summed E-state index contributed by atoms with van der Waals surface area (Å²) in [5, 5.41) is 5.47. The Bertz CT molecular complexity index is 3160. The molecule has 4 heteroatoms. The van der Waals surface area contributed by atoms with Gasteiger partial charge < -0.3 is 9.32 Å². The standard InChI is InChI=1S/C54H35N3O/c1-3-11-36(12-4-1)38-19-27-43(28-20-38)57(44-29-21-39(22-30-44)37-13-5-2-6-14-37)45-31-23-41(24-32-45)54-55-50-18-10-9-17-49(50)52(56-54)42-26-33-47-48-34-25-40-15-7-8-16-46(40)53(48)58-51(47)35-42/h1-35H. The van der Waals surface area contributed by atoms with Crippen molar-refractivity contribution in [2.45, 2.75) is 0 Å². The van der Waals surface area contributed by atoms with Gasteiger partial charge in [0.25, 0.3) is 0 Å². The number of fused-ring (bicyclic) bond motifs is 6. The van der Waals surface area contributed by atoms with Gasteiger partial charge >= 0.3 is 0 Å². The third kappa shape index (κ3) is 5.96. The number of benzene rings is 9. The number of hydrogen-bond acceptors (Lipinski definition) is 4. The summed E-state index contributed by atoms with van der Waals surface area (Å²) in [6.45, 7) is 0. The van der Waals surface area contributed by atoms with E-state index in [1.165, 1.54) is 22.3 Å². The van der Waals surface area contributed by atoms with E-state index in [2.05, 4.69) is 205 Å². The molecule has 2 aromatic heterocycles. The Labute approximate surface area is 335 Å². The molecular formula is C54H35N3O. The summed E-state index contributed by atoms with van der Waals surface area (Å²) < 4.78 is 6.57. The lowest BCUT2D eigenvalue weighted by molar-refractivity contribution is 0.673.